The highest BCUT2D eigenvalue weighted by atomic mass is 13.7. The van der Waals surface area contributed by atoms with Crippen molar-refractivity contribution in [3.05, 3.63) is 0 Å². The SMILES string of the molecule is C[B]CCCC. The molecule has 0 N–H and O–H groups in total. The van der Waals surface area contributed by atoms with Gasteiger partial charge < -0.3 is 0 Å². The first kappa shape index (κ1) is 6.06. The number of hydrogen-bond acceptors (Lipinski definition) is 0. The maximum absolute atomic E-state index is 2.21. The molecule has 0 aliphatic carbocycles. The van der Waals surface area contributed by atoms with Gasteiger partial charge in [-0.05, 0) is 0 Å². The summed E-state index contributed by atoms with van der Waals surface area (Å²) in [5, 5.41) is 0. The molecule has 0 aliphatic rings. The Morgan fingerprint density at radius 3 is 2.33 bits per heavy atom. The molecule has 0 amide bonds. The Morgan fingerprint density at radius 1 is 1.50 bits per heavy atom. The highest BCUT2D eigenvalue weighted by molar-refractivity contribution is 6.33. The Balaban J connectivity index is 2.34. The first-order valence-electron chi connectivity index (χ1n) is 2.69. The van der Waals surface area contributed by atoms with Crippen molar-refractivity contribution in [2.24, 2.45) is 0 Å². The van der Waals surface area contributed by atoms with Gasteiger partial charge in [0, 0.05) is 0 Å². The van der Waals surface area contributed by atoms with E-state index in [-0.39, 0.29) is 0 Å². The summed E-state index contributed by atoms with van der Waals surface area (Å²) in [6.07, 6.45) is 3.97. The third-order valence-electron chi connectivity index (χ3n) is 0.846. The van der Waals surface area contributed by atoms with Crippen LogP contribution in [0.25, 0.3) is 0 Å². The first-order valence-corrected chi connectivity index (χ1v) is 2.69. The standard InChI is InChI=1S/C5H12B/c1-3-4-5-6-2/h3-5H2,1-2H3. The highest BCUT2D eigenvalue weighted by Gasteiger charge is 1.77. The zero-order chi connectivity index (χ0) is 4.83. The molecule has 0 fully saturated rings. The van der Waals surface area contributed by atoms with Crippen molar-refractivity contribution in [1.29, 1.82) is 0 Å². The van der Waals surface area contributed by atoms with Crippen molar-refractivity contribution in [1.82, 2.24) is 0 Å². The maximum Gasteiger partial charge on any atom is 0.105 e. The third-order valence-corrected chi connectivity index (χ3v) is 0.846. The fraction of sp³-hybridized carbons (Fsp3) is 1.00. The van der Waals surface area contributed by atoms with Gasteiger partial charge in [-0.2, -0.15) is 0 Å². The van der Waals surface area contributed by atoms with Crippen molar-refractivity contribution < 1.29 is 0 Å². The largest absolute Gasteiger partial charge is 0.105 e. The molecule has 0 aromatic carbocycles. The summed E-state index contributed by atoms with van der Waals surface area (Å²) >= 11 is 0. The van der Waals surface area contributed by atoms with Crippen LogP contribution in [0.3, 0.4) is 0 Å². The van der Waals surface area contributed by atoms with Crippen molar-refractivity contribution in [2.45, 2.75) is 32.9 Å². The first-order chi connectivity index (χ1) is 2.91. The van der Waals surface area contributed by atoms with Crippen molar-refractivity contribution >= 4 is 7.28 Å². The van der Waals surface area contributed by atoms with Crippen LogP contribution in [-0.4, -0.2) is 7.28 Å². The lowest BCUT2D eigenvalue weighted by molar-refractivity contribution is 0.880. The number of rotatable bonds is 3. The molecule has 6 heavy (non-hydrogen) atoms. The predicted octanol–water partition coefficient (Wildman–Crippen LogP) is 1.96. The van der Waals surface area contributed by atoms with Gasteiger partial charge in [0.05, 0.1) is 0 Å². The Hall–Kier alpha value is 0.0649. The van der Waals surface area contributed by atoms with Gasteiger partial charge in [-0.1, -0.05) is 32.9 Å². The lowest BCUT2D eigenvalue weighted by atomic mass is 9.76. The molecule has 0 atom stereocenters. The number of unbranched alkanes of at least 4 members (excludes halogenated alkanes) is 1. The Bertz CT molecular complexity index is 15.9. The van der Waals surface area contributed by atoms with Crippen molar-refractivity contribution in [3.8, 4) is 0 Å². The Kier molecular flexibility index (Phi) is 5.12. The van der Waals surface area contributed by atoms with Gasteiger partial charge in [0.2, 0.25) is 0 Å². The van der Waals surface area contributed by atoms with Gasteiger partial charge in [0.1, 0.15) is 7.28 Å². The van der Waals surface area contributed by atoms with E-state index in [9.17, 15) is 0 Å². The van der Waals surface area contributed by atoms with Crippen molar-refractivity contribution in [3.63, 3.8) is 0 Å². The maximum atomic E-state index is 2.21. The molecule has 0 heterocycles. The molecule has 1 heteroatoms. The van der Waals surface area contributed by atoms with E-state index in [2.05, 4.69) is 21.0 Å². The van der Waals surface area contributed by atoms with Gasteiger partial charge in [0.25, 0.3) is 0 Å². The van der Waals surface area contributed by atoms with Crippen LogP contribution in [-0.2, 0) is 0 Å². The van der Waals surface area contributed by atoms with Crippen LogP contribution in [0.1, 0.15) is 19.8 Å². The van der Waals surface area contributed by atoms with Crippen LogP contribution >= 0.6 is 0 Å². The summed E-state index contributed by atoms with van der Waals surface area (Å²) in [4.78, 5) is 0. The molecule has 0 aromatic rings. The summed E-state index contributed by atoms with van der Waals surface area (Å²) in [6, 6.07) is 0. The minimum atomic E-state index is 1.29. The zero-order valence-electron chi connectivity index (χ0n) is 4.70. The van der Waals surface area contributed by atoms with Crippen molar-refractivity contribution in [2.75, 3.05) is 0 Å². The third kappa shape index (κ3) is 4.06. The van der Waals surface area contributed by atoms with E-state index in [0.29, 0.717) is 0 Å². The molecular weight excluding hydrogens is 70.9 g/mol. The molecule has 0 nitrogen and oxygen atoms in total. The molecule has 0 aliphatic heterocycles. The van der Waals surface area contributed by atoms with Crippen LogP contribution in [0.4, 0.5) is 0 Å². The molecule has 35 valence electrons. The smallest absolute Gasteiger partial charge is 0.0920 e. The van der Waals surface area contributed by atoms with Gasteiger partial charge in [-0.15, -0.1) is 0 Å². The molecule has 1 radical (unpaired) electrons. The fourth-order valence-corrected chi connectivity index (χ4v) is 0.408. The molecule has 0 spiro atoms. The Morgan fingerprint density at radius 2 is 2.17 bits per heavy atom. The summed E-state index contributed by atoms with van der Waals surface area (Å²) in [7, 11) is 2.21. The van der Waals surface area contributed by atoms with Crippen LogP contribution in [0.2, 0.25) is 13.1 Å². The predicted molar refractivity (Wildman–Crippen MR) is 31.3 cm³/mol. The summed E-state index contributed by atoms with van der Waals surface area (Å²) < 4.78 is 0. The quantitative estimate of drug-likeness (QED) is 0.361. The van der Waals surface area contributed by atoms with E-state index in [0.717, 1.165) is 0 Å². The van der Waals surface area contributed by atoms with E-state index >= 15 is 0 Å². The van der Waals surface area contributed by atoms with Crippen LogP contribution < -0.4 is 0 Å². The second kappa shape index (κ2) is 5.06. The van der Waals surface area contributed by atoms with Gasteiger partial charge >= 0.3 is 0 Å². The average Bonchev–Trinajstić information content (AvgIpc) is 1.61. The zero-order valence-corrected chi connectivity index (χ0v) is 4.70. The second-order valence-corrected chi connectivity index (χ2v) is 1.55. The topological polar surface area (TPSA) is 0 Å². The number of hydrogen-bond donors (Lipinski definition) is 0. The normalized spacial score (nSPS) is 8.33. The summed E-state index contributed by atoms with van der Waals surface area (Å²) in [5.74, 6) is 0. The van der Waals surface area contributed by atoms with E-state index in [1.165, 1.54) is 19.2 Å². The van der Waals surface area contributed by atoms with Crippen LogP contribution in [0.15, 0.2) is 0 Å². The minimum absolute atomic E-state index is 1.29. The molecule has 0 rings (SSSR count). The fourth-order valence-electron chi connectivity index (χ4n) is 0.408. The summed E-state index contributed by atoms with van der Waals surface area (Å²) in [5.41, 5.74) is 0. The molecule has 0 unspecified atom stereocenters. The van der Waals surface area contributed by atoms with E-state index in [4.69, 9.17) is 0 Å². The van der Waals surface area contributed by atoms with Gasteiger partial charge in [0.15, 0.2) is 0 Å². The lowest BCUT2D eigenvalue weighted by Gasteiger charge is -1.84. The monoisotopic (exact) mass is 83.1 g/mol. The lowest BCUT2D eigenvalue weighted by Crippen LogP contribution is -1.76. The highest BCUT2D eigenvalue weighted by Crippen LogP contribution is 1.90. The Labute approximate surface area is 41.2 Å². The van der Waals surface area contributed by atoms with E-state index in [1.807, 2.05) is 0 Å². The van der Waals surface area contributed by atoms with Gasteiger partial charge in [-0.25, -0.2) is 0 Å². The molecular formula is C5H12B. The van der Waals surface area contributed by atoms with Crippen LogP contribution in [0.5, 0.6) is 0 Å². The molecule has 0 aromatic heterocycles. The van der Waals surface area contributed by atoms with E-state index < -0.39 is 0 Å². The molecule has 0 saturated heterocycles. The average molecular weight is 83.0 g/mol. The summed E-state index contributed by atoms with van der Waals surface area (Å²) in [6.45, 7) is 4.32. The van der Waals surface area contributed by atoms with Gasteiger partial charge in [-0.3, -0.25) is 0 Å². The molecule has 0 bridgehead atoms. The second-order valence-electron chi connectivity index (χ2n) is 1.55. The molecule has 0 saturated carbocycles. The van der Waals surface area contributed by atoms with E-state index in [1.54, 1.807) is 0 Å². The minimum Gasteiger partial charge on any atom is -0.0920 e. The van der Waals surface area contributed by atoms with Crippen LogP contribution in [0, 0.1) is 0 Å².